The lowest BCUT2D eigenvalue weighted by molar-refractivity contribution is -0.141. The number of aromatic amines is 1. The zero-order valence-corrected chi connectivity index (χ0v) is 49.9. The zero-order valence-electron chi connectivity index (χ0n) is 48.2. The third kappa shape index (κ3) is 18.3. The molecular formula is C61H78N10O10S2. The molecule has 0 saturated carbocycles. The Morgan fingerprint density at radius 2 is 1.20 bits per heavy atom. The molecule has 5 aromatic rings. The second-order valence-corrected chi connectivity index (χ2v) is 24.0. The molecule has 12 N–H and O–H groups in total. The van der Waals surface area contributed by atoms with Crippen LogP contribution in [0.15, 0.2) is 103 Å². The van der Waals surface area contributed by atoms with E-state index in [1.165, 1.54) is 56.4 Å². The van der Waals surface area contributed by atoms with E-state index in [4.69, 9.17) is 5.73 Å². The number of para-hydroxylation sites is 1. The highest BCUT2D eigenvalue weighted by Gasteiger charge is 2.38. The Labute approximate surface area is 492 Å². The lowest BCUT2D eigenvalue weighted by Crippen LogP contribution is -2.62. The van der Waals surface area contributed by atoms with Gasteiger partial charge in [-0.1, -0.05) is 92.7 Å². The fourth-order valence-corrected chi connectivity index (χ4v) is 11.6. The van der Waals surface area contributed by atoms with E-state index in [9.17, 15) is 48.3 Å². The van der Waals surface area contributed by atoms with Gasteiger partial charge in [-0.2, -0.15) is 23.5 Å². The molecule has 3 aliphatic heterocycles. The average molecular weight is 1180 g/mol. The van der Waals surface area contributed by atoms with E-state index in [1.54, 1.807) is 39.2 Å². The van der Waals surface area contributed by atoms with Crippen molar-refractivity contribution in [1.29, 1.82) is 0 Å². The summed E-state index contributed by atoms with van der Waals surface area (Å²) in [6.45, 7) is 11.4. The summed E-state index contributed by atoms with van der Waals surface area (Å²) in [4.78, 5) is 129. The second-order valence-electron chi connectivity index (χ2n) is 22.1. The highest BCUT2D eigenvalue weighted by Crippen LogP contribution is 2.27. The number of Topliss-reactive ketones (excluding diaryl/α,β-unsaturated/α-hetero) is 3. The van der Waals surface area contributed by atoms with Gasteiger partial charge in [0.15, 0.2) is 5.78 Å². The van der Waals surface area contributed by atoms with E-state index in [0.717, 1.165) is 33.2 Å². The van der Waals surface area contributed by atoms with Crippen LogP contribution in [0.4, 0.5) is 0 Å². The number of rotatable bonds is 11. The number of ketones is 3. The molecule has 0 saturated heterocycles. The summed E-state index contributed by atoms with van der Waals surface area (Å²) in [6.07, 6.45) is 0.853. The second kappa shape index (κ2) is 29.7. The number of carbonyl (C=O) groups excluding carboxylic acids is 9. The van der Waals surface area contributed by atoms with Crippen LogP contribution in [0.3, 0.4) is 0 Å². The van der Waals surface area contributed by atoms with Crippen molar-refractivity contribution >= 4 is 87.2 Å². The Hall–Kier alpha value is -7.37. The highest BCUT2D eigenvalue weighted by molar-refractivity contribution is 7.98. The van der Waals surface area contributed by atoms with Crippen LogP contribution in [0.2, 0.25) is 0 Å². The molecule has 4 bridgehead atoms. The number of nitrogens with one attached hydrogen (secondary N) is 9. The summed E-state index contributed by atoms with van der Waals surface area (Å²) in [6, 6.07) is 21.5. The molecular weight excluding hydrogens is 1100 g/mol. The van der Waals surface area contributed by atoms with Gasteiger partial charge in [0.05, 0.1) is 17.6 Å². The van der Waals surface area contributed by atoms with E-state index in [-0.39, 0.29) is 55.3 Å². The van der Waals surface area contributed by atoms with Crippen LogP contribution in [-0.4, -0.2) is 129 Å². The first-order valence-electron chi connectivity index (χ1n) is 27.7. The fourth-order valence-electron chi connectivity index (χ4n) is 9.13. The van der Waals surface area contributed by atoms with Crippen molar-refractivity contribution < 1.29 is 48.3 Å². The summed E-state index contributed by atoms with van der Waals surface area (Å²) in [5.74, 6) is -5.11. The molecule has 1 aromatic heterocycles. The van der Waals surface area contributed by atoms with Gasteiger partial charge in [-0.05, 0) is 112 Å². The van der Waals surface area contributed by atoms with E-state index in [1.807, 2.05) is 86.6 Å². The number of phenolic OH excluding ortho intramolecular Hbond substituents is 1. The predicted molar refractivity (Wildman–Crippen MR) is 324 cm³/mol. The number of hydrogen-bond donors (Lipinski definition) is 11. The number of thioether (sulfide) groups is 2. The number of aromatic hydroxyl groups is 1. The first-order valence-corrected chi connectivity index (χ1v) is 30.0. The Balaban J connectivity index is 1.32. The summed E-state index contributed by atoms with van der Waals surface area (Å²) in [7, 11) is 1.66. The van der Waals surface area contributed by atoms with Crippen molar-refractivity contribution in [2.24, 2.45) is 11.7 Å². The number of phenols is 1. The molecule has 8 atom stereocenters. The molecule has 4 aromatic carbocycles. The maximum atomic E-state index is 14.7. The fraction of sp³-hybridized carbons (Fsp3) is 0.426. The summed E-state index contributed by atoms with van der Waals surface area (Å²) >= 11 is 3.04. The quantitative estimate of drug-likeness (QED) is 0.0826. The van der Waals surface area contributed by atoms with Gasteiger partial charge in [-0.3, -0.25) is 43.2 Å². The first-order chi connectivity index (χ1) is 39.4. The molecule has 83 heavy (non-hydrogen) atoms. The van der Waals surface area contributed by atoms with Crippen LogP contribution in [0.5, 0.6) is 5.75 Å². The minimum atomic E-state index is -1.57. The van der Waals surface area contributed by atoms with Gasteiger partial charge >= 0.3 is 0 Å². The van der Waals surface area contributed by atoms with Crippen LogP contribution < -0.4 is 48.5 Å². The Morgan fingerprint density at radius 1 is 0.675 bits per heavy atom. The number of amides is 6. The van der Waals surface area contributed by atoms with E-state index < -0.39 is 94.3 Å². The van der Waals surface area contributed by atoms with Gasteiger partial charge in [0.25, 0.3) is 0 Å². The minimum Gasteiger partial charge on any atom is -0.508 e. The molecule has 2 unspecified atom stereocenters. The number of hydrazine groups is 1. The number of aromatic nitrogens is 1. The van der Waals surface area contributed by atoms with Gasteiger partial charge in [0.1, 0.15) is 35.5 Å². The van der Waals surface area contributed by atoms with Gasteiger partial charge < -0.3 is 47.7 Å². The summed E-state index contributed by atoms with van der Waals surface area (Å²) in [5, 5.41) is 27.5. The first kappa shape index (κ1) is 64.8. The summed E-state index contributed by atoms with van der Waals surface area (Å²) < 4.78 is 0. The minimum absolute atomic E-state index is 0.0349. The number of nitrogens with two attached hydrogens (primary N) is 1. The lowest BCUT2D eigenvalue weighted by atomic mass is 9.93. The van der Waals surface area contributed by atoms with E-state index in [0.29, 0.717) is 28.4 Å². The van der Waals surface area contributed by atoms with Crippen LogP contribution in [0.1, 0.15) is 90.0 Å². The third-order valence-electron chi connectivity index (χ3n) is 14.7. The van der Waals surface area contributed by atoms with Gasteiger partial charge in [-0.15, -0.1) is 0 Å². The molecule has 22 heteroatoms. The summed E-state index contributed by atoms with van der Waals surface area (Å²) in [5.41, 5.74) is 15.2. The molecule has 0 radical (unpaired) electrons. The Bertz CT molecular complexity index is 3120. The predicted octanol–water partition coefficient (Wildman–Crippen LogP) is 4.21. The average Bonchev–Trinajstić information content (AvgIpc) is 4.16. The van der Waals surface area contributed by atoms with Crippen molar-refractivity contribution in [3.8, 4) is 16.9 Å². The molecule has 20 nitrogen and oxygen atoms in total. The molecule has 6 amide bonds. The number of fused-ring (bicyclic) bond motifs is 3. The van der Waals surface area contributed by atoms with Gasteiger partial charge in [-0.25, -0.2) is 10.9 Å². The van der Waals surface area contributed by atoms with Crippen LogP contribution in [0, 0.1) is 5.92 Å². The lowest BCUT2D eigenvalue weighted by Gasteiger charge is -2.31. The molecule has 8 rings (SSSR count). The smallest absolute Gasteiger partial charge is 0.243 e. The van der Waals surface area contributed by atoms with E-state index >= 15 is 0 Å². The van der Waals surface area contributed by atoms with Gasteiger partial charge in [0, 0.05) is 59.4 Å². The number of likely N-dealkylation sites (N-methyl/N-ethyl adjacent to an activating group) is 1. The normalized spacial score (nSPS) is 24.6. The number of H-pyrrole nitrogens is 1. The van der Waals surface area contributed by atoms with Crippen LogP contribution in [0.25, 0.3) is 22.0 Å². The molecule has 0 aliphatic carbocycles. The van der Waals surface area contributed by atoms with Crippen molar-refractivity contribution in [2.45, 2.75) is 139 Å². The molecule has 4 heterocycles. The number of primary amides is 1. The molecule has 444 valence electrons. The maximum absolute atomic E-state index is 14.7. The Morgan fingerprint density at radius 3 is 1.78 bits per heavy atom. The highest BCUT2D eigenvalue weighted by atomic mass is 32.2. The SMILES string of the molecule is CN[C@]1(C)CSCc2ccc(cc2)-c2ccc(cc2)CSC[C@@](C)(C(C)=O)NN[C@@H](CC(C)C)C(=O)C(=O)[C@H](CCC(N)=O)NC(=O)C(C)NC(=O)[C@H](Cc2c[nH]c3ccccc23)NC(=O)[C@H](Cc2ccc(O)cc2)NC(=O)C(C)NC1=O. The number of carbonyl (C=O) groups is 9. The number of benzene rings is 4. The monoisotopic (exact) mass is 1170 g/mol. The third-order valence-corrected chi connectivity index (χ3v) is 17.4. The standard InChI is InChI=1S/C61H78N10O10S2/c1-35(2)27-49-54(76)53(75)48(25-26-52(62)74)67-55(77)36(3)65-57(79)51(29-44-30-64-47-12-10-9-11-46(44)47)69-58(80)50(28-39-17-23-45(73)24-18-39)68-56(78)37(4)66-59(81)61(7,63-8)34-83-32-41-15-21-43(22-16-41)42-19-13-40(14-20-42)31-82-33-60(6,38(5)72)71-70-49/h9-24,30,35-37,48-51,63-64,70-71,73H,25-29,31-34H2,1-8H3,(H2,62,74)(H,65,79)(H,66,81)(H,67,77)(H,68,78)(H,69,80)/t36?,37?,48-,49-,50-,51-,60-,61+/m0/s1. The number of hydrogen-bond acceptors (Lipinski definition) is 15. The van der Waals surface area contributed by atoms with Crippen LogP contribution in [-0.2, 0) is 67.5 Å². The van der Waals surface area contributed by atoms with E-state index in [2.05, 4.69) is 47.7 Å². The van der Waals surface area contributed by atoms with Crippen molar-refractivity contribution in [3.63, 3.8) is 0 Å². The van der Waals surface area contributed by atoms with Gasteiger partial charge in [0.2, 0.25) is 47.0 Å². The molecule has 3 aliphatic rings. The maximum Gasteiger partial charge on any atom is 0.243 e. The zero-order chi connectivity index (χ0) is 60.6. The van der Waals surface area contributed by atoms with Crippen molar-refractivity contribution in [1.82, 2.24) is 47.7 Å². The molecule has 0 spiro atoms. The van der Waals surface area contributed by atoms with Crippen LogP contribution >= 0.6 is 23.5 Å². The molecule has 0 fully saturated rings. The van der Waals surface area contributed by atoms with Crippen molar-refractivity contribution in [2.75, 3.05) is 18.6 Å². The van der Waals surface area contributed by atoms with Crippen molar-refractivity contribution in [3.05, 3.63) is 126 Å². The Kier molecular flexibility index (Phi) is 23.2. The topological polar surface area (TPSA) is 312 Å². The largest absolute Gasteiger partial charge is 0.508 e.